The van der Waals surface area contributed by atoms with Gasteiger partial charge < -0.3 is 14.4 Å². The number of aromatic nitrogens is 5. The van der Waals surface area contributed by atoms with Crippen LogP contribution >= 0.6 is 0 Å². The fraction of sp³-hybridized carbons (Fsp3) is 0.524. The van der Waals surface area contributed by atoms with E-state index in [-0.39, 0.29) is 29.1 Å². The van der Waals surface area contributed by atoms with Crippen molar-refractivity contribution in [2.75, 3.05) is 7.05 Å². The number of rotatable bonds is 5. The molecule has 0 spiro atoms. The molecular formula is C21H26F2N6O3. The first-order valence-electron chi connectivity index (χ1n) is 10.3. The van der Waals surface area contributed by atoms with Gasteiger partial charge in [0.2, 0.25) is 5.88 Å². The Morgan fingerprint density at radius 2 is 1.94 bits per heavy atom. The van der Waals surface area contributed by atoms with Crippen LogP contribution in [0.15, 0.2) is 24.8 Å². The number of nitrogens with zero attached hydrogens (tertiary/aromatic N) is 6. The molecule has 1 fully saturated rings. The van der Waals surface area contributed by atoms with E-state index in [1.54, 1.807) is 42.3 Å². The number of fused-ring (bicyclic) bond motifs is 1. The van der Waals surface area contributed by atoms with Gasteiger partial charge in [-0.05, 0) is 20.8 Å². The fourth-order valence-corrected chi connectivity index (χ4v) is 3.53. The molecule has 0 saturated heterocycles. The first-order chi connectivity index (χ1) is 15.0. The summed E-state index contributed by atoms with van der Waals surface area (Å²) in [5.74, 6) is 0.0857. The van der Waals surface area contributed by atoms with Crippen molar-refractivity contribution >= 4 is 11.6 Å². The maximum Gasteiger partial charge on any atom is 0.410 e. The minimum absolute atomic E-state index is 0.0631. The lowest BCUT2D eigenvalue weighted by molar-refractivity contribution is -0.00942. The molecule has 32 heavy (non-hydrogen) atoms. The van der Waals surface area contributed by atoms with Gasteiger partial charge in [0.25, 0.3) is 6.43 Å². The molecule has 0 atom stereocenters. The Bertz CT molecular complexity index is 1130. The van der Waals surface area contributed by atoms with E-state index in [9.17, 15) is 13.6 Å². The molecule has 3 aromatic rings. The van der Waals surface area contributed by atoms with Crippen molar-refractivity contribution in [2.24, 2.45) is 7.05 Å². The monoisotopic (exact) mass is 448 g/mol. The third kappa shape index (κ3) is 4.37. The highest BCUT2D eigenvalue weighted by molar-refractivity contribution is 5.69. The normalized spacial score (nSPS) is 18.6. The summed E-state index contributed by atoms with van der Waals surface area (Å²) in [6, 6.07) is -0.0631. The Hall–Kier alpha value is -3.24. The van der Waals surface area contributed by atoms with Crippen molar-refractivity contribution in [3.63, 3.8) is 0 Å². The zero-order valence-corrected chi connectivity index (χ0v) is 18.6. The number of hydrogen-bond acceptors (Lipinski definition) is 6. The first kappa shape index (κ1) is 22.0. The van der Waals surface area contributed by atoms with Crippen molar-refractivity contribution < 1.29 is 23.0 Å². The van der Waals surface area contributed by atoms with Crippen molar-refractivity contribution in [1.82, 2.24) is 29.3 Å². The Morgan fingerprint density at radius 1 is 1.22 bits per heavy atom. The van der Waals surface area contributed by atoms with Crippen molar-refractivity contribution in [3.8, 4) is 17.1 Å². The van der Waals surface area contributed by atoms with E-state index >= 15 is 0 Å². The number of halogens is 2. The third-order valence-corrected chi connectivity index (χ3v) is 5.31. The maximum atomic E-state index is 13.6. The highest BCUT2D eigenvalue weighted by Gasteiger charge is 2.38. The van der Waals surface area contributed by atoms with Crippen molar-refractivity contribution in [1.29, 1.82) is 0 Å². The van der Waals surface area contributed by atoms with Crippen LogP contribution in [0.4, 0.5) is 13.6 Å². The van der Waals surface area contributed by atoms with Crippen molar-refractivity contribution in [3.05, 3.63) is 30.4 Å². The van der Waals surface area contributed by atoms with Gasteiger partial charge in [-0.25, -0.2) is 23.1 Å². The van der Waals surface area contributed by atoms with Gasteiger partial charge >= 0.3 is 6.09 Å². The first-order valence-corrected chi connectivity index (χ1v) is 10.3. The number of alkyl halides is 2. The summed E-state index contributed by atoms with van der Waals surface area (Å²) >= 11 is 0. The van der Waals surface area contributed by atoms with Gasteiger partial charge in [-0.3, -0.25) is 4.68 Å². The highest BCUT2D eigenvalue weighted by atomic mass is 19.3. The average Bonchev–Trinajstić information content (AvgIpc) is 3.28. The summed E-state index contributed by atoms with van der Waals surface area (Å²) in [6.07, 6.45) is 3.79. The van der Waals surface area contributed by atoms with Gasteiger partial charge in [-0.15, -0.1) is 0 Å². The van der Waals surface area contributed by atoms with Crippen LogP contribution in [-0.4, -0.2) is 60.2 Å². The second-order valence-corrected chi connectivity index (χ2v) is 8.98. The minimum Gasteiger partial charge on any atom is -0.473 e. The lowest BCUT2D eigenvalue weighted by atomic mass is 9.88. The Balaban J connectivity index is 1.55. The average molecular weight is 448 g/mol. The Kier molecular flexibility index (Phi) is 5.51. The van der Waals surface area contributed by atoms with Crippen LogP contribution in [0.1, 0.15) is 45.6 Å². The topological polar surface area (TPSA) is 86.8 Å². The summed E-state index contributed by atoms with van der Waals surface area (Å²) in [4.78, 5) is 18.3. The van der Waals surface area contributed by atoms with Gasteiger partial charge in [0.15, 0.2) is 0 Å². The number of amides is 1. The van der Waals surface area contributed by atoms with Gasteiger partial charge in [0, 0.05) is 44.7 Å². The van der Waals surface area contributed by atoms with Crippen LogP contribution in [-0.2, 0) is 11.8 Å². The molecule has 4 rings (SSSR count). The van der Waals surface area contributed by atoms with E-state index in [4.69, 9.17) is 9.47 Å². The lowest BCUT2D eigenvalue weighted by Gasteiger charge is -2.40. The molecule has 3 aromatic heterocycles. The molecule has 11 heteroatoms. The molecule has 3 heterocycles. The fourth-order valence-electron chi connectivity index (χ4n) is 3.53. The molecule has 172 valence electrons. The molecule has 0 aliphatic heterocycles. The van der Waals surface area contributed by atoms with Crippen LogP contribution in [0.2, 0.25) is 0 Å². The second-order valence-electron chi connectivity index (χ2n) is 8.98. The smallest absolute Gasteiger partial charge is 0.410 e. The molecule has 1 saturated carbocycles. The highest BCUT2D eigenvalue weighted by Crippen LogP contribution is 2.35. The van der Waals surface area contributed by atoms with Gasteiger partial charge in [-0.1, -0.05) is 0 Å². The molecular weight excluding hydrogens is 422 g/mol. The van der Waals surface area contributed by atoms with E-state index in [0.717, 1.165) is 6.20 Å². The number of carbonyl (C=O) groups is 1. The summed E-state index contributed by atoms with van der Waals surface area (Å²) in [5, 5.41) is 8.20. The summed E-state index contributed by atoms with van der Waals surface area (Å²) in [6.45, 7) is 5.43. The van der Waals surface area contributed by atoms with E-state index in [0.29, 0.717) is 24.1 Å². The predicted octanol–water partition coefficient (Wildman–Crippen LogP) is 3.84. The maximum absolute atomic E-state index is 13.6. The third-order valence-electron chi connectivity index (χ3n) is 5.31. The van der Waals surface area contributed by atoms with Crippen LogP contribution in [0, 0.1) is 0 Å². The number of hydrogen-bond donors (Lipinski definition) is 0. The predicted molar refractivity (Wildman–Crippen MR) is 112 cm³/mol. The van der Waals surface area contributed by atoms with Crippen LogP contribution in [0.3, 0.4) is 0 Å². The van der Waals surface area contributed by atoms with Gasteiger partial charge in [0.05, 0.1) is 29.8 Å². The molecule has 0 radical (unpaired) electrons. The Labute approximate surface area is 183 Å². The van der Waals surface area contributed by atoms with Crippen molar-refractivity contribution in [2.45, 2.75) is 57.8 Å². The zero-order valence-electron chi connectivity index (χ0n) is 18.6. The second kappa shape index (κ2) is 8.03. The molecule has 1 aliphatic rings. The molecule has 9 nitrogen and oxygen atoms in total. The quantitative estimate of drug-likeness (QED) is 0.589. The molecule has 1 amide bonds. The van der Waals surface area contributed by atoms with Gasteiger partial charge in [-0.2, -0.15) is 10.2 Å². The summed E-state index contributed by atoms with van der Waals surface area (Å²) in [7, 11) is 3.46. The van der Waals surface area contributed by atoms with Gasteiger partial charge in [0.1, 0.15) is 17.2 Å². The SMILES string of the molecule is CN(C(=O)OC(C)(C)C)C1CC(Oc2nc(-c3cnn(C)c3)cn3ncc(C(F)F)c23)C1. The zero-order chi connectivity index (χ0) is 23.2. The summed E-state index contributed by atoms with van der Waals surface area (Å²) in [5.41, 5.74) is 0.528. The lowest BCUT2D eigenvalue weighted by Crippen LogP contribution is -2.51. The molecule has 0 unspecified atom stereocenters. The van der Waals surface area contributed by atoms with E-state index in [1.807, 2.05) is 20.8 Å². The van der Waals surface area contributed by atoms with E-state index in [1.165, 1.54) is 4.52 Å². The standard InChI is InChI=1S/C21H26F2N6O3/c1-21(2,3)32-20(30)28(5)13-6-14(7-13)31-19-17-15(18(22)23)9-25-29(17)11-16(26-19)12-8-24-27(4)10-12/h8-11,13-14,18H,6-7H2,1-5H3. The van der Waals surface area contributed by atoms with Crippen LogP contribution < -0.4 is 4.74 Å². The molecule has 0 aromatic carbocycles. The van der Waals surface area contributed by atoms with Crippen LogP contribution in [0.25, 0.3) is 16.8 Å². The van der Waals surface area contributed by atoms with E-state index < -0.39 is 18.1 Å². The van der Waals surface area contributed by atoms with E-state index in [2.05, 4.69) is 15.2 Å². The number of aryl methyl sites for hydroxylation is 1. The number of carbonyl (C=O) groups excluding carboxylic acids is 1. The minimum atomic E-state index is -2.71. The summed E-state index contributed by atoms with van der Waals surface area (Å²) < 4.78 is 41.5. The molecule has 0 N–H and O–H groups in total. The van der Waals surface area contributed by atoms with Crippen LogP contribution in [0.5, 0.6) is 5.88 Å². The molecule has 0 bridgehead atoms. The largest absolute Gasteiger partial charge is 0.473 e. The number of ether oxygens (including phenoxy) is 2. The molecule has 1 aliphatic carbocycles. The Morgan fingerprint density at radius 3 is 2.53 bits per heavy atom.